The predicted octanol–water partition coefficient (Wildman–Crippen LogP) is 3.18. The summed E-state index contributed by atoms with van der Waals surface area (Å²) in [6.45, 7) is 4.92. The van der Waals surface area contributed by atoms with E-state index in [0.717, 1.165) is 32.1 Å². The van der Waals surface area contributed by atoms with Crippen LogP contribution in [0.15, 0.2) is 23.3 Å². The van der Waals surface area contributed by atoms with E-state index in [0.29, 0.717) is 24.4 Å². The average molecular weight is 292 g/mol. The van der Waals surface area contributed by atoms with Crippen molar-refractivity contribution in [3.05, 3.63) is 23.3 Å². The van der Waals surface area contributed by atoms with Crippen LogP contribution in [0.2, 0.25) is 0 Å². The molecular weight excluding hydrogens is 268 g/mol. The predicted molar refractivity (Wildman–Crippen MR) is 79.5 cm³/mol. The maximum Gasteiger partial charge on any atom is 0.335 e. The first-order chi connectivity index (χ1) is 10.2. The summed E-state index contributed by atoms with van der Waals surface area (Å²) in [5.74, 6) is -0.638. The van der Waals surface area contributed by atoms with Crippen molar-refractivity contribution >= 4 is 11.9 Å². The largest absolute Gasteiger partial charge is 0.462 e. The number of hydrogen-bond acceptors (Lipinski definition) is 4. The molecule has 21 heavy (non-hydrogen) atoms. The number of ether oxygens (including phenoxy) is 2. The minimum absolute atomic E-state index is 0.0258. The zero-order valence-corrected chi connectivity index (χ0v) is 12.9. The lowest BCUT2D eigenvalue weighted by Gasteiger charge is -2.15. The molecule has 0 amide bonds. The summed E-state index contributed by atoms with van der Waals surface area (Å²) in [5.41, 5.74) is 1.06. The molecule has 0 heterocycles. The van der Waals surface area contributed by atoms with Crippen LogP contribution in [0.1, 0.15) is 46.0 Å². The molecule has 0 N–H and O–H groups in total. The molecule has 2 bridgehead atoms. The molecule has 2 aliphatic rings. The summed E-state index contributed by atoms with van der Waals surface area (Å²) in [7, 11) is 0. The highest BCUT2D eigenvalue weighted by Gasteiger charge is 2.42. The Bertz CT molecular complexity index is 421. The fourth-order valence-electron chi connectivity index (χ4n) is 2.82. The van der Waals surface area contributed by atoms with Crippen molar-refractivity contribution in [2.45, 2.75) is 46.0 Å². The lowest BCUT2D eigenvalue weighted by atomic mass is 9.97. The van der Waals surface area contributed by atoms with Crippen molar-refractivity contribution in [3.63, 3.8) is 0 Å². The van der Waals surface area contributed by atoms with Gasteiger partial charge in [-0.1, -0.05) is 38.8 Å². The second-order valence-electron chi connectivity index (χ2n) is 5.64. The molecule has 2 unspecified atom stereocenters. The minimum atomic E-state index is -0.345. The Labute approximate surface area is 126 Å². The number of carbonyl (C=O) groups excluding carboxylic acids is 2. The van der Waals surface area contributed by atoms with Gasteiger partial charge in [-0.2, -0.15) is 0 Å². The molecule has 0 aromatic carbocycles. The van der Waals surface area contributed by atoms with Crippen LogP contribution < -0.4 is 0 Å². The quantitative estimate of drug-likeness (QED) is 0.392. The van der Waals surface area contributed by atoms with Crippen LogP contribution in [-0.4, -0.2) is 25.2 Å². The van der Waals surface area contributed by atoms with Gasteiger partial charge in [-0.25, -0.2) is 9.59 Å². The van der Waals surface area contributed by atoms with Gasteiger partial charge < -0.3 is 9.47 Å². The first kappa shape index (κ1) is 15.8. The van der Waals surface area contributed by atoms with Crippen molar-refractivity contribution < 1.29 is 19.1 Å². The smallest absolute Gasteiger partial charge is 0.335 e. The molecule has 0 aromatic heterocycles. The van der Waals surface area contributed by atoms with Gasteiger partial charge in [-0.05, 0) is 19.3 Å². The van der Waals surface area contributed by atoms with Gasteiger partial charge >= 0.3 is 11.9 Å². The summed E-state index contributed by atoms with van der Waals surface area (Å²) in [4.78, 5) is 24.5. The van der Waals surface area contributed by atoms with E-state index in [2.05, 4.69) is 0 Å². The molecule has 116 valence electrons. The summed E-state index contributed by atoms with van der Waals surface area (Å²) in [5, 5.41) is 0. The third-order valence-corrected chi connectivity index (χ3v) is 4.02. The van der Waals surface area contributed by atoms with E-state index in [-0.39, 0.29) is 23.8 Å². The third kappa shape index (κ3) is 3.55. The highest BCUT2D eigenvalue weighted by Crippen LogP contribution is 2.44. The number of unbranched alkanes of at least 4 members (excludes halogenated alkanes) is 2. The summed E-state index contributed by atoms with van der Waals surface area (Å²) >= 11 is 0. The average Bonchev–Trinajstić information content (AvgIpc) is 3.08. The standard InChI is InChI=1S/C17H24O4/c1-3-5-9-20-16(18)14-12-7-8-13(11-12)15(14)17(19)21-10-6-4-2/h7-8,12-13H,3-6,9-11H2,1-2H3. The van der Waals surface area contributed by atoms with E-state index in [9.17, 15) is 9.59 Å². The van der Waals surface area contributed by atoms with Gasteiger partial charge in [0.25, 0.3) is 0 Å². The normalized spacial score (nSPS) is 22.8. The van der Waals surface area contributed by atoms with E-state index >= 15 is 0 Å². The molecule has 2 rings (SSSR count). The van der Waals surface area contributed by atoms with Crippen molar-refractivity contribution in [3.8, 4) is 0 Å². The second-order valence-corrected chi connectivity index (χ2v) is 5.64. The molecule has 0 fully saturated rings. The lowest BCUT2D eigenvalue weighted by Crippen LogP contribution is -2.20. The summed E-state index contributed by atoms with van der Waals surface area (Å²) in [6, 6.07) is 0. The third-order valence-electron chi connectivity index (χ3n) is 4.02. The number of allylic oxidation sites excluding steroid dienone is 2. The van der Waals surface area contributed by atoms with Crippen LogP contribution in [0, 0.1) is 11.8 Å². The van der Waals surface area contributed by atoms with E-state index < -0.39 is 0 Å². The first-order valence-electron chi connectivity index (χ1n) is 7.95. The molecule has 0 saturated heterocycles. The highest BCUT2D eigenvalue weighted by atomic mass is 16.5. The molecule has 0 aliphatic heterocycles. The van der Waals surface area contributed by atoms with Crippen LogP contribution in [0.5, 0.6) is 0 Å². The van der Waals surface area contributed by atoms with E-state index in [1.165, 1.54) is 0 Å². The zero-order chi connectivity index (χ0) is 15.2. The van der Waals surface area contributed by atoms with Crippen molar-refractivity contribution in [1.82, 2.24) is 0 Å². The van der Waals surface area contributed by atoms with Gasteiger partial charge in [-0.15, -0.1) is 0 Å². The van der Waals surface area contributed by atoms with Crippen molar-refractivity contribution in [2.24, 2.45) is 11.8 Å². The van der Waals surface area contributed by atoms with E-state index in [4.69, 9.17) is 9.47 Å². The fraction of sp³-hybridized carbons (Fsp3) is 0.647. The molecule has 0 saturated carbocycles. The summed E-state index contributed by atoms with van der Waals surface area (Å²) in [6.07, 6.45) is 8.46. The Hall–Kier alpha value is -1.58. The Morgan fingerprint density at radius 2 is 1.38 bits per heavy atom. The van der Waals surface area contributed by atoms with Gasteiger partial charge in [0.05, 0.1) is 24.4 Å². The van der Waals surface area contributed by atoms with E-state index in [1.54, 1.807) is 0 Å². The van der Waals surface area contributed by atoms with Crippen LogP contribution in [0.25, 0.3) is 0 Å². The maximum atomic E-state index is 12.2. The Morgan fingerprint density at radius 3 is 1.76 bits per heavy atom. The monoisotopic (exact) mass is 292 g/mol. The fourth-order valence-corrected chi connectivity index (χ4v) is 2.82. The molecule has 2 aliphatic carbocycles. The van der Waals surface area contributed by atoms with Gasteiger partial charge in [-0.3, -0.25) is 0 Å². The van der Waals surface area contributed by atoms with Gasteiger partial charge in [0.15, 0.2) is 0 Å². The molecule has 2 atom stereocenters. The number of rotatable bonds is 8. The number of carbonyl (C=O) groups is 2. The molecular formula is C17H24O4. The molecule has 0 spiro atoms. The van der Waals surface area contributed by atoms with E-state index in [1.807, 2.05) is 26.0 Å². The SMILES string of the molecule is CCCCOC(=O)C1=C(C(=O)OCCCC)C2C=CC1C2. The molecule has 0 aromatic rings. The molecule has 4 nitrogen and oxygen atoms in total. The van der Waals surface area contributed by atoms with Crippen molar-refractivity contribution in [1.29, 1.82) is 0 Å². The number of fused-ring (bicyclic) bond motifs is 2. The first-order valence-corrected chi connectivity index (χ1v) is 7.95. The molecule has 4 heteroatoms. The van der Waals surface area contributed by atoms with Crippen LogP contribution in [0.4, 0.5) is 0 Å². The Balaban J connectivity index is 2.05. The topological polar surface area (TPSA) is 52.6 Å². The van der Waals surface area contributed by atoms with Crippen LogP contribution in [0.3, 0.4) is 0 Å². The van der Waals surface area contributed by atoms with Gasteiger partial charge in [0.2, 0.25) is 0 Å². The number of esters is 2. The maximum absolute atomic E-state index is 12.2. The second kappa shape index (κ2) is 7.43. The highest BCUT2D eigenvalue weighted by molar-refractivity contribution is 6.03. The Morgan fingerprint density at radius 1 is 0.952 bits per heavy atom. The summed E-state index contributed by atoms with van der Waals surface area (Å²) < 4.78 is 10.6. The number of hydrogen-bond donors (Lipinski definition) is 0. The van der Waals surface area contributed by atoms with Crippen LogP contribution >= 0.6 is 0 Å². The molecule has 0 radical (unpaired) electrons. The van der Waals surface area contributed by atoms with Crippen molar-refractivity contribution in [2.75, 3.05) is 13.2 Å². The van der Waals surface area contributed by atoms with Gasteiger partial charge in [0, 0.05) is 11.8 Å². The lowest BCUT2D eigenvalue weighted by molar-refractivity contribution is -0.142. The Kier molecular flexibility index (Phi) is 5.59. The van der Waals surface area contributed by atoms with Gasteiger partial charge in [0.1, 0.15) is 0 Å². The van der Waals surface area contributed by atoms with Crippen LogP contribution in [-0.2, 0) is 19.1 Å². The minimum Gasteiger partial charge on any atom is -0.462 e. The zero-order valence-electron chi connectivity index (χ0n) is 12.9.